The molecule has 1 fully saturated rings. The number of nitrogens with one attached hydrogen (secondary N) is 1. The van der Waals surface area contributed by atoms with Crippen molar-refractivity contribution in [3.05, 3.63) is 59.7 Å². The number of fused-ring (bicyclic) bond motifs is 3. The number of nitrogens with zero attached hydrogens (tertiary/aromatic N) is 1. The highest BCUT2D eigenvalue weighted by Crippen LogP contribution is 2.44. The predicted molar refractivity (Wildman–Crippen MR) is 133 cm³/mol. The summed E-state index contributed by atoms with van der Waals surface area (Å²) in [6.07, 6.45) is 0.525. The van der Waals surface area contributed by atoms with Gasteiger partial charge < -0.3 is 20.1 Å². The van der Waals surface area contributed by atoms with Crippen LogP contribution in [0.5, 0.6) is 0 Å². The smallest absolute Gasteiger partial charge is 0.407 e. The largest absolute Gasteiger partial charge is 0.481 e. The standard InChI is InChI=1S/C28H34N2O5/c1-28(2,3)24(16-25(31)30-14-12-18(13-15-30)26(32)33)29-27(34)35-17-23-21-10-6-4-8-19(21)20-9-5-7-11-22(20)23/h4-11,18,23-24H,12-17H2,1-3H3,(H,29,34)(H,32,33). The molecule has 0 bridgehead atoms. The number of alkyl carbamates (subject to hydrolysis) is 1. The molecule has 0 spiro atoms. The summed E-state index contributed by atoms with van der Waals surface area (Å²) >= 11 is 0. The van der Waals surface area contributed by atoms with Crippen molar-refractivity contribution >= 4 is 18.0 Å². The molecule has 1 aliphatic carbocycles. The number of carbonyl (C=O) groups is 3. The third-order valence-electron chi connectivity index (χ3n) is 7.26. The number of carbonyl (C=O) groups excluding carboxylic acids is 2. The number of amides is 2. The number of likely N-dealkylation sites (tertiary alicyclic amines) is 1. The third-order valence-corrected chi connectivity index (χ3v) is 7.26. The molecule has 7 heteroatoms. The van der Waals surface area contributed by atoms with Crippen LogP contribution in [0.15, 0.2) is 48.5 Å². The summed E-state index contributed by atoms with van der Waals surface area (Å²) in [5.74, 6) is -1.30. The zero-order chi connectivity index (χ0) is 25.2. The van der Waals surface area contributed by atoms with Crippen molar-refractivity contribution in [2.75, 3.05) is 19.7 Å². The maximum Gasteiger partial charge on any atom is 0.407 e. The lowest BCUT2D eigenvalue weighted by Gasteiger charge is -2.35. The first-order valence-corrected chi connectivity index (χ1v) is 12.3. The van der Waals surface area contributed by atoms with Crippen LogP contribution in [0.1, 0.15) is 57.1 Å². The lowest BCUT2D eigenvalue weighted by atomic mass is 9.84. The molecule has 1 aliphatic heterocycles. The molecule has 1 unspecified atom stereocenters. The van der Waals surface area contributed by atoms with E-state index in [1.54, 1.807) is 4.90 Å². The van der Waals surface area contributed by atoms with Gasteiger partial charge in [0.15, 0.2) is 0 Å². The molecule has 35 heavy (non-hydrogen) atoms. The molecule has 1 saturated heterocycles. The van der Waals surface area contributed by atoms with Crippen LogP contribution in [0, 0.1) is 11.3 Å². The summed E-state index contributed by atoms with van der Waals surface area (Å²) < 4.78 is 5.69. The lowest BCUT2D eigenvalue weighted by Crippen LogP contribution is -2.49. The van der Waals surface area contributed by atoms with E-state index in [0.717, 1.165) is 11.1 Å². The van der Waals surface area contributed by atoms with E-state index < -0.39 is 24.0 Å². The summed E-state index contributed by atoms with van der Waals surface area (Å²) in [6, 6.07) is 15.9. The van der Waals surface area contributed by atoms with Crippen molar-refractivity contribution in [3.8, 4) is 11.1 Å². The van der Waals surface area contributed by atoms with Crippen LogP contribution in [-0.4, -0.2) is 53.7 Å². The van der Waals surface area contributed by atoms with Crippen LogP contribution in [0.25, 0.3) is 11.1 Å². The average molecular weight is 479 g/mol. The van der Waals surface area contributed by atoms with Crippen molar-refractivity contribution in [2.24, 2.45) is 11.3 Å². The minimum absolute atomic E-state index is 0.0293. The van der Waals surface area contributed by atoms with Crippen molar-refractivity contribution in [3.63, 3.8) is 0 Å². The van der Waals surface area contributed by atoms with Gasteiger partial charge >= 0.3 is 12.1 Å². The van der Waals surface area contributed by atoms with Gasteiger partial charge in [-0.2, -0.15) is 0 Å². The monoisotopic (exact) mass is 478 g/mol. The zero-order valence-corrected chi connectivity index (χ0v) is 20.6. The van der Waals surface area contributed by atoms with Crippen molar-refractivity contribution in [2.45, 2.75) is 52.0 Å². The molecule has 0 aromatic heterocycles. The fraction of sp³-hybridized carbons (Fsp3) is 0.464. The van der Waals surface area contributed by atoms with Crippen LogP contribution in [0.4, 0.5) is 4.79 Å². The number of aliphatic carboxylic acids is 1. The highest BCUT2D eigenvalue weighted by Gasteiger charge is 2.34. The van der Waals surface area contributed by atoms with E-state index >= 15 is 0 Å². The second-order valence-corrected chi connectivity index (χ2v) is 10.6. The quantitative estimate of drug-likeness (QED) is 0.630. The summed E-state index contributed by atoms with van der Waals surface area (Å²) in [5, 5.41) is 12.1. The van der Waals surface area contributed by atoms with Crippen LogP contribution in [0.2, 0.25) is 0 Å². The third kappa shape index (κ3) is 5.50. The van der Waals surface area contributed by atoms with Crippen LogP contribution >= 0.6 is 0 Å². The minimum atomic E-state index is -0.804. The molecule has 2 N–H and O–H groups in total. The highest BCUT2D eigenvalue weighted by molar-refractivity contribution is 5.80. The maximum atomic E-state index is 12.9. The Labute approximate surface area is 206 Å². The first-order valence-electron chi connectivity index (χ1n) is 12.3. The van der Waals surface area contributed by atoms with Crippen molar-refractivity contribution < 1.29 is 24.2 Å². The Balaban J connectivity index is 1.37. The summed E-state index contributed by atoms with van der Waals surface area (Å²) in [6.45, 7) is 7.00. The predicted octanol–water partition coefficient (Wildman–Crippen LogP) is 4.65. The normalized spacial score (nSPS) is 16.8. The molecule has 7 nitrogen and oxygen atoms in total. The van der Waals surface area contributed by atoms with E-state index in [-0.39, 0.29) is 30.3 Å². The fourth-order valence-corrected chi connectivity index (χ4v) is 5.04. The Kier molecular flexibility index (Phi) is 7.15. The van der Waals surface area contributed by atoms with E-state index in [4.69, 9.17) is 4.74 Å². The van der Waals surface area contributed by atoms with E-state index in [0.29, 0.717) is 25.9 Å². The second-order valence-electron chi connectivity index (χ2n) is 10.6. The van der Waals surface area contributed by atoms with Crippen LogP contribution < -0.4 is 5.32 Å². The Bertz CT molecular complexity index is 1050. The van der Waals surface area contributed by atoms with E-state index in [2.05, 4.69) is 29.6 Å². The van der Waals surface area contributed by atoms with Gasteiger partial charge in [0.25, 0.3) is 0 Å². The number of benzene rings is 2. The Hall–Kier alpha value is -3.35. The van der Waals surface area contributed by atoms with Gasteiger partial charge in [0.2, 0.25) is 5.91 Å². The molecule has 0 radical (unpaired) electrons. The van der Waals surface area contributed by atoms with Gasteiger partial charge in [0.05, 0.1) is 5.92 Å². The molecule has 0 saturated carbocycles. The summed E-state index contributed by atoms with van der Waals surface area (Å²) in [4.78, 5) is 38.7. The van der Waals surface area contributed by atoms with Gasteiger partial charge in [-0.05, 0) is 40.5 Å². The van der Waals surface area contributed by atoms with Gasteiger partial charge in [-0.25, -0.2) is 4.79 Å². The van der Waals surface area contributed by atoms with Crippen LogP contribution in [-0.2, 0) is 14.3 Å². The number of carboxylic acid groups (broad SMARTS) is 1. The number of carboxylic acids is 1. The average Bonchev–Trinajstić information content (AvgIpc) is 3.15. The zero-order valence-electron chi connectivity index (χ0n) is 20.6. The minimum Gasteiger partial charge on any atom is -0.481 e. The van der Waals surface area contributed by atoms with E-state index in [1.165, 1.54) is 11.1 Å². The lowest BCUT2D eigenvalue weighted by molar-refractivity contribution is -0.146. The molecular formula is C28H34N2O5. The number of hydrogen-bond donors (Lipinski definition) is 2. The molecular weight excluding hydrogens is 444 g/mol. The topological polar surface area (TPSA) is 95.9 Å². The van der Waals surface area contributed by atoms with Gasteiger partial charge in [-0.3, -0.25) is 9.59 Å². The molecule has 1 atom stereocenters. The van der Waals surface area contributed by atoms with Crippen molar-refractivity contribution in [1.82, 2.24) is 10.2 Å². The fourth-order valence-electron chi connectivity index (χ4n) is 5.04. The summed E-state index contributed by atoms with van der Waals surface area (Å²) in [5.41, 5.74) is 4.27. The van der Waals surface area contributed by atoms with Gasteiger partial charge in [0.1, 0.15) is 6.61 Å². The van der Waals surface area contributed by atoms with Gasteiger partial charge in [0, 0.05) is 31.5 Å². The van der Waals surface area contributed by atoms with E-state index in [1.807, 2.05) is 45.0 Å². The second kappa shape index (κ2) is 10.1. The van der Waals surface area contributed by atoms with Gasteiger partial charge in [-0.15, -0.1) is 0 Å². The molecule has 4 rings (SSSR count). The molecule has 2 aromatic carbocycles. The SMILES string of the molecule is CC(C)(C)C(CC(=O)N1CCC(C(=O)O)CC1)NC(=O)OCC1c2ccccc2-c2ccccc21. The number of hydrogen-bond acceptors (Lipinski definition) is 4. The Morgan fingerprint density at radius 2 is 1.54 bits per heavy atom. The molecule has 2 amide bonds. The highest BCUT2D eigenvalue weighted by atomic mass is 16.5. The molecule has 186 valence electrons. The van der Waals surface area contributed by atoms with E-state index in [9.17, 15) is 19.5 Å². The number of rotatable bonds is 6. The summed E-state index contributed by atoms with van der Waals surface area (Å²) in [7, 11) is 0. The first kappa shape index (κ1) is 24.8. The first-order chi connectivity index (χ1) is 16.6. The molecule has 2 aromatic rings. The maximum absolute atomic E-state index is 12.9. The molecule has 2 aliphatic rings. The van der Waals surface area contributed by atoms with Gasteiger partial charge in [-0.1, -0.05) is 69.3 Å². The molecule has 1 heterocycles. The Morgan fingerprint density at radius 3 is 2.06 bits per heavy atom. The van der Waals surface area contributed by atoms with Crippen molar-refractivity contribution in [1.29, 1.82) is 0 Å². The number of ether oxygens (including phenoxy) is 1. The van der Waals surface area contributed by atoms with Crippen LogP contribution in [0.3, 0.4) is 0 Å². The number of piperidine rings is 1. The Morgan fingerprint density at radius 1 is 1.00 bits per heavy atom.